The molecule has 0 aromatic heterocycles. The summed E-state index contributed by atoms with van der Waals surface area (Å²) in [6.45, 7) is 0.356. The summed E-state index contributed by atoms with van der Waals surface area (Å²) in [4.78, 5) is 15.2. The minimum absolute atomic E-state index is 0. The van der Waals surface area contributed by atoms with Crippen LogP contribution in [-0.4, -0.2) is 42.5 Å². The molecule has 0 radical (unpaired) electrons. The van der Waals surface area contributed by atoms with Crippen LogP contribution in [0, 0.1) is 0 Å². The lowest BCUT2D eigenvalue weighted by molar-refractivity contribution is -0.123. The first-order chi connectivity index (χ1) is 10.7. The lowest BCUT2D eigenvalue weighted by Gasteiger charge is -2.47. The summed E-state index contributed by atoms with van der Waals surface area (Å²) in [6.07, 6.45) is 6.00. The Kier molecular flexibility index (Phi) is 8.51. The average molecular weight is 374 g/mol. The van der Waals surface area contributed by atoms with Gasteiger partial charge in [0.1, 0.15) is 0 Å². The van der Waals surface area contributed by atoms with Crippen LogP contribution in [0.4, 0.5) is 0 Å². The summed E-state index contributed by atoms with van der Waals surface area (Å²) in [5.74, 6) is -0.151. The van der Waals surface area contributed by atoms with Gasteiger partial charge in [0.05, 0.1) is 5.92 Å². The Bertz CT molecular complexity index is 500. The SMILES string of the molecule is CN1C2CCCC1CC(NC(=O)C(CN)c1ccccc1)C2.Cl.Cl. The minimum Gasteiger partial charge on any atom is -0.353 e. The maximum atomic E-state index is 12.6. The molecule has 1 amide bonds. The molecule has 2 bridgehead atoms. The van der Waals surface area contributed by atoms with E-state index in [1.807, 2.05) is 30.3 Å². The van der Waals surface area contributed by atoms with Crippen LogP contribution in [0.5, 0.6) is 0 Å². The number of hydrogen-bond acceptors (Lipinski definition) is 3. The summed E-state index contributed by atoms with van der Waals surface area (Å²) < 4.78 is 0. The molecular weight excluding hydrogens is 345 g/mol. The molecule has 0 aliphatic carbocycles. The Morgan fingerprint density at radius 3 is 2.33 bits per heavy atom. The standard InChI is InChI=1S/C18H27N3O.2ClH/c1-21-15-8-5-9-16(21)11-14(10-15)20-18(22)17(12-19)13-6-3-2-4-7-13;;/h2-4,6-7,14-17H,5,8-12,19H2,1H3,(H,20,22);2*1H. The number of carbonyl (C=O) groups is 1. The maximum Gasteiger partial charge on any atom is 0.229 e. The van der Waals surface area contributed by atoms with E-state index in [2.05, 4.69) is 17.3 Å². The molecule has 4 nitrogen and oxygen atoms in total. The van der Waals surface area contributed by atoms with E-state index in [1.54, 1.807) is 0 Å². The van der Waals surface area contributed by atoms with E-state index >= 15 is 0 Å². The molecular formula is C18H29Cl2N3O. The fourth-order valence-corrected chi connectivity index (χ4v) is 4.12. The Morgan fingerprint density at radius 1 is 1.21 bits per heavy atom. The van der Waals surface area contributed by atoms with Gasteiger partial charge < -0.3 is 16.0 Å². The number of benzene rings is 1. The average Bonchev–Trinajstić information content (AvgIpc) is 2.50. The predicted octanol–water partition coefficient (Wildman–Crippen LogP) is 2.70. The molecule has 0 spiro atoms. The molecule has 3 rings (SSSR count). The van der Waals surface area contributed by atoms with Crippen LogP contribution in [0.2, 0.25) is 0 Å². The van der Waals surface area contributed by atoms with E-state index in [-0.39, 0.29) is 36.6 Å². The third-order valence-corrected chi connectivity index (χ3v) is 5.44. The van der Waals surface area contributed by atoms with Gasteiger partial charge in [0, 0.05) is 24.7 Å². The zero-order chi connectivity index (χ0) is 15.5. The Balaban J connectivity index is 0.00000144. The van der Waals surface area contributed by atoms with Gasteiger partial charge in [-0.2, -0.15) is 0 Å². The Hall–Kier alpha value is -0.810. The van der Waals surface area contributed by atoms with Gasteiger partial charge in [-0.1, -0.05) is 36.8 Å². The molecule has 2 heterocycles. The molecule has 0 saturated carbocycles. The molecule has 2 aliphatic heterocycles. The predicted molar refractivity (Wildman–Crippen MR) is 103 cm³/mol. The fourth-order valence-electron chi connectivity index (χ4n) is 4.12. The smallest absolute Gasteiger partial charge is 0.229 e. The van der Waals surface area contributed by atoms with Crippen LogP contribution in [-0.2, 0) is 4.79 Å². The van der Waals surface area contributed by atoms with Gasteiger partial charge in [-0.3, -0.25) is 4.79 Å². The lowest BCUT2D eigenvalue weighted by Crippen LogP contribution is -2.55. The Morgan fingerprint density at radius 2 is 1.79 bits per heavy atom. The van der Waals surface area contributed by atoms with Gasteiger partial charge in [0.25, 0.3) is 0 Å². The van der Waals surface area contributed by atoms with Crippen molar-refractivity contribution >= 4 is 30.7 Å². The van der Waals surface area contributed by atoms with Crippen molar-refractivity contribution in [3.63, 3.8) is 0 Å². The molecule has 1 aromatic carbocycles. The fraction of sp³-hybridized carbons (Fsp3) is 0.611. The van der Waals surface area contributed by atoms with Crippen LogP contribution in [0.15, 0.2) is 30.3 Å². The van der Waals surface area contributed by atoms with Crippen LogP contribution in [0.1, 0.15) is 43.6 Å². The topological polar surface area (TPSA) is 58.4 Å². The second-order valence-electron chi connectivity index (χ2n) is 6.78. The van der Waals surface area contributed by atoms with E-state index in [0.717, 1.165) is 18.4 Å². The number of carbonyl (C=O) groups excluding carboxylic acids is 1. The maximum absolute atomic E-state index is 12.6. The summed E-state index contributed by atoms with van der Waals surface area (Å²) in [5.41, 5.74) is 6.87. The Labute approximate surface area is 157 Å². The van der Waals surface area contributed by atoms with Gasteiger partial charge in [-0.25, -0.2) is 0 Å². The molecule has 6 heteroatoms. The van der Waals surface area contributed by atoms with Crippen molar-refractivity contribution in [2.24, 2.45) is 5.73 Å². The first-order valence-electron chi connectivity index (χ1n) is 8.46. The number of nitrogens with one attached hydrogen (secondary N) is 1. The summed E-state index contributed by atoms with van der Waals surface area (Å²) in [5, 5.41) is 3.27. The van der Waals surface area contributed by atoms with E-state index in [9.17, 15) is 4.79 Å². The minimum atomic E-state index is -0.235. The normalized spacial score (nSPS) is 27.3. The number of rotatable bonds is 4. The highest BCUT2D eigenvalue weighted by Gasteiger charge is 2.37. The highest BCUT2D eigenvalue weighted by molar-refractivity contribution is 5.85. The summed E-state index contributed by atoms with van der Waals surface area (Å²) in [6, 6.07) is 11.4. The molecule has 2 saturated heterocycles. The van der Waals surface area contributed by atoms with E-state index in [4.69, 9.17) is 5.73 Å². The number of halogens is 2. The van der Waals surface area contributed by atoms with Gasteiger partial charge in [0.2, 0.25) is 5.91 Å². The van der Waals surface area contributed by atoms with Crippen LogP contribution in [0.25, 0.3) is 0 Å². The number of nitrogens with zero attached hydrogens (tertiary/aromatic N) is 1. The largest absolute Gasteiger partial charge is 0.353 e. The molecule has 3 unspecified atom stereocenters. The zero-order valence-electron chi connectivity index (χ0n) is 14.2. The molecule has 24 heavy (non-hydrogen) atoms. The first kappa shape index (κ1) is 21.2. The van der Waals surface area contributed by atoms with Crippen LogP contribution >= 0.6 is 24.8 Å². The third-order valence-electron chi connectivity index (χ3n) is 5.44. The highest BCUT2D eigenvalue weighted by atomic mass is 35.5. The molecule has 136 valence electrons. The number of hydrogen-bond donors (Lipinski definition) is 2. The van der Waals surface area contributed by atoms with Crippen molar-refractivity contribution in [1.29, 1.82) is 0 Å². The van der Waals surface area contributed by atoms with E-state index < -0.39 is 0 Å². The van der Waals surface area contributed by atoms with E-state index in [0.29, 0.717) is 24.7 Å². The van der Waals surface area contributed by atoms with Crippen LogP contribution < -0.4 is 11.1 Å². The molecule has 3 N–H and O–H groups in total. The molecule has 3 atom stereocenters. The third kappa shape index (κ3) is 4.63. The van der Waals surface area contributed by atoms with Crippen molar-refractivity contribution in [1.82, 2.24) is 10.2 Å². The summed E-state index contributed by atoms with van der Waals surface area (Å²) in [7, 11) is 2.24. The number of nitrogens with two attached hydrogens (primary N) is 1. The second-order valence-corrected chi connectivity index (χ2v) is 6.78. The van der Waals surface area contributed by atoms with Gasteiger partial charge in [-0.05, 0) is 38.3 Å². The molecule has 2 aliphatic rings. The van der Waals surface area contributed by atoms with Gasteiger partial charge >= 0.3 is 0 Å². The molecule has 1 aromatic rings. The zero-order valence-corrected chi connectivity index (χ0v) is 15.8. The van der Waals surface area contributed by atoms with Crippen molar-refractivity contribution < 1.29 is 4.79 Å². The van der Waals surface area contributed by atoms with Gasteiger partial charge in [0.15, 0.2) is 0 Å². The van der Waals surface area contributed by atoms with Crippen LogP contribution in [0.3, 0.4) is 0 Å². The number of piperidine rings is 2. The quantitative estimate of drug-likeness (QED) is 0.852. The van der Waals surface area contributed by atoms with Gasteiger partial charge in [-0.15, -0.1) is 24.8 Å². The first-order valence-corrected chi connectivity index (χ1v) is 8.46. The summed E-state index contributed by atoms with van der Waals surface area (Å²) >= 11 is 0. The number of amides is 1. The second kappa shape index (κ2) is 9.62. The van der Waals surface area contributed by atoms with Crippen molar-refractivity contribution in [2.75, 3.05) is 13.6 Å². The van der Waals surface area contributed by atoms with Crippen molar-refractivity contribution in [3.8, 4) is 0 Å². The lowest BCUT2D eigenvalue weighted by atomic mass is 9.82. The number of fused-ring (bicyclic) bond motifs is 2. The molecule has 2 fully saturated rings. The monoisotopic (exact) mass is 373 g/mol. The van der Waals surface area contributed by atoms with Crippen molar-refractivity contribution in [2.45, 2.75) is 56.1 Å². The highest BCUT2D eigenvalue weighted by Crippen LogP contribution is 2.32. The van der Waals surface area contributed by atoms with Crippen molar-refractivity contribution in [3.05, 3.63) is 35.9 Å². The van der Waals surface area contributed by atoms with E-state index in [1.165, 1.54) is 19.3 Å².